The van der Waals surface area contributed by atoms with Crippen LogP contribution in [0.15, 0.2) is 78.9 Å². The van der Waals surface area contributed by atoms with Gasteiger partial charge in [-0.25, -0.2) is 0 Å². The van der Waals surface area contributed by atoms with Gasteiger partial charge in [0.05, 0.1) is 0 Å². The Bertz CT molecular complexity index is 832. The van der Waals surface area contributed by atoms with Crippen molar-refractivity contribution in [1.29, 1.82) is 0 Å². The van der Waals surface area contributed by atoms with Crippen molar-refractivity contribution in [3.63, 3.8) is 0 Å². The quantitative estimate of drug-likeness (QED) is 0.409. The molecule has 0 spiro atoms. The lowest BCUT2D eigenvalue weighted by atomic mass is 9.79. The molecule has 3 aromatic carbocycles. The molecular weight excluding hydrogens is 328 g/mol. The Morgan fingerprint density at radius 1 is 0.741 bits per heavy atom. The molecule has 1 heteroatoms. The van der Waals surface area contributed by atoms with Crippen LogP contribution in [-0.2, 0) is 18.3 Å². The van der Waals surface area contributed by atoms with Crippen LogP contribution < -0.4 is 4.74 Å². The van der Waals surface area contributed by atoms with Gasteiger partial charge in [-0.1, -0.05) is 75.4 Å². The van der Waals surface area contributed by atoms with Gasteiger partial charge in [0.2, 0.25) is 0 Å². The summed E-state index contributed by atoms with van der Waals surface area (Å²) < 4.78 is 5.96. The molecule has 0 radical (unpaired) electrons. The molecule has 0 saturated heterocycles. The number of hydrogen-bond donors (Lipinski definition) is 0. The minimum absolute atomic E-state index is 0.199. The first kappa shape index (κ1) is 19.2. The number of hydrogen-bond acceptors (Lipinski definition) is 1. The van der Waals surface area contributed by atoms with E-state index in [0.717, 1.165) is 30.8 Å². The van der Waals surface area contributed by atoms with Crippen molar-refractivity contribution in [2.75, 3.05) is 0 Å². The Balaban J connectivity index is 1.57. The molecule has 0 bridgehead atoms. The van der Waals surface area contributed by atoms with Crippen LogP contribution in [-0.4, -0.2) is 0 Å². The average molecular weight is 359 g/mol. The molecule has 0 aromatic heterocycles. The fraction of sp³-hybridized carbons (Fsp3) is 0.308. The molecule has 0 aliphatic heterocycles. The van der Waals surface area contributed by atoms with Crippen LogP contribution in [0, 0.1) is 0 Å². The minimum Gasteiger partial charge on any atom is -0.457 e. The van der Waals surface area contributed by atoms with Gasteiger partial charge in [0.1, 0.15) is 11.5 Å². The molecule has 140 valence electrons. The van der Waals surface area contributed by atoms with Crippen LogP contribution in [0.25, 0.3) is 0 Å². The zero-order valence-electron chi connectivity index (χ0n) is 16.7. The van der Waals surface area contributed by atoms with Crippen molar-refractivity contribution >= 4 is 0 Å². The maximum atomic E-state index is 5.96. The highest BCUT2D eigenvalue weighted by molar-refractivity contribution is 5.34. The Kier molecular flexibility index (Phi) is 6.34. The molecule has 3 aromatic rings. The van der Waals surface area contributed by atoms with E-state index < -0.39 is 0 Å². The molecule has 0 fully saturated rings. The summed E-state index contributed by atoms with van der Waals surface area (Å²) in [6.45, 7) is 6.90. The smallest absolute Gasteiger partial charge is 0.127 e. The lowest BCUT2D eigenvalue weighted by Gasteiger charge is -2.25. The standard InChI is InChI=1S/C26H30O/c1-4-21-15-17-23(18-16-21)26(2,3)19-9-11-22-10-8-14-25(20-22)27-24-12-6-5-7-13-24/h5-8,10,12-18,20H,4,9,11,19H2,1-3H3. The number of aryl methyl sites for hydroxylation is 2. The summed E-state index contributed by atoms with van der Waals surface area (Å²) in [4.78, 5) is 0. The summed E-state index contributed by atoms with van der Waals surface area (Å²) in [6.07, 6.45) is 4.50. The van der Waals surface area contributed by atoms with Gasteiger partial charge >= 0.3 is 0 Å². The van der Waals surface area contributed by atoms with Crippen LogP contribution in [0.1, 0.15) is 50.3 Å². The van der Waals surface area contributed by atoms with E-state index in [9.17, 15) is 0 Å². The molecule has 0 aliphatic rings. The predicted molar refractivity (Wildman–Crippen MR) is 115 cm³/mol. The highest BCUT2D eigenvalue weighted by Gasteiger charge is 2.19. The lowest BCUT2D eigenvalue weighted by molar-refractivity contribution is 0.460. The van der Waals surface area contributed by atoms with Gasteiger partial charge < -0.3 is 4.74 Å². The van der Waals surface area contributed by atoms with Crippen molar-refractivity contribution in [1.82, 2.24) is 0 Å². The summed E-state index contributed by atoms with van der Waals surface area (Å²) in [5.41, 5.74) is 4.37. The molecule has 0 heterocycles. The maximum Gasteiger partial charge on any atom is 0.127 e. The third kappa shape index (κ3) is 5.47. The van der Waals surface area contributed by atoms with Crippen molar-refractivity contribution in [3.8, 4) is 11.5 Å². The number of benzene rings is 3. The van der Waals surface area contributed by atoms with Gasteiger partial charge in [-0.2, -0.15) is 0 Å². The van der Waals surface area contributed by atoms with Gasteiger partial charge in [-0.3, -0.25) is 0 Å². The van der Waals surface area contributed by atoms with E-state index in [4.69, 9.17) is 4.74 Å². The van der Waals surface area contributed by atoms with Crippen LogP contribution in [0.2, 0.25) is 0 Å². The zero-order valence-corrected chi connectivity index (χ0v) is 16.7. The molecule has 3 rings (SSSR count). The van der Waals surface area contributed by atoms with Gasteiger partial charge in [-0.15, -0.1) is 0 Å². The van der Waals surface area contributed by atoms with E-state index in [0.29, 0.717) is 0 Å². The van der Waals surface area contributed by atoms with Crippen LogP contribution in [0.5, 0.6) is 11.5 Å². The summed E-state index contributed by atoms with van der Waals surface area (Å²) in [5.74, 6) is 1.79. The average Bonchev–Trinajstić information content (AvgIpc) is 2.69. The SMILES string of the molecule is CCc1ccc(C(C)(C)CCCc2cccc(Oc3ccccc3)c2)cc1. The lowest BCUT2D eigenvalue weighted by Crippen LogP contribution is -2.17. The zero-order chi connectivity index (χ0) is 19.1. The molecule has 0 N–H and O–H groups in total. The third-order valence-corrected chi connectivity index (χ3v) is 5.29. The summed E-state index contributed by atoms with van der Waals surface area (Å²) in [6, 6.07) is 27.6. The minimum atomic E-state index is 0.199. The fourth-order valence-corrected chi connectivity index (χ4v) is 3.46. The van der Waals surface area contributed by atoms with Gasteiger partial charge in [0.15, 0.2) is 0 Å². The Hall–Kier alpha value is -2.54. The summed E-state index contributed by atoms with van der Waals surface area (Å²) in [7, 11) is 0. The van der Waals surface area contributed by atoms with Crippen molar-refractivity contribution in [2.45, 2.75) is 51.9 Å². The Labute approximate surface area is 164 Å². The molecular formula is C26H30O. The van der Waals surface area contributed by atoms with E-state index in [1.807, 2.05) is 36.4 Å². The number of ether oxygens (including phenoxy) is 1. The first-order chi connectivity index (χ1) is 13.1. The predicted octanol–water partition coefficient (Wildman–Crippen LogP) is 7.34. The molecule has 0 aliphatic carbocycles. The van der Waals surface area contributed by atoms with Crippen LogP contribution in [0.3, 0.4) is 0 Å². The highest BCUT2D eigenvalue weighted by Crippen LogP contribution is 2.30. The molecule has 0 unspecified atom stereocenters. The van der Waals surface area contributed by atoms with Gasteiger partial charge in [0.25, 0.3) is 0 Å². The first-order valence-electron chi connectivity index (χ1n) is 9.98. The van der Waals surface area contributed by atoms with E-state index in [1.165, 1.54) is 23.1 Å². The molecule has 1 nitrogen and oxygen atoms in total. The highest BCUT2D eigenvalue weighted by atomic mass is 16.5. The van der Waals surface area contributed by atoms with Crippen molar-refractivity contribution < 1.29 is 4.74 Å². The third-order valence-electron chi connectivity index (χ3n) is 5.29. The van der Waals surface area contributed by atoms with Crippen molar-refractivity contribution in [3.05, 3.63) is 95.6 Å². The molecule has 0 atom stereocenters. The van der Waals surface area contributed by atoms with E-state index >= 15 is 0 Å². The topological polar surface area (TPSA) is 9.23 Å². The van der Waals surface area contributed by atoms with Gasteiger partial charge in [-0.05, 0) is 72.1 Å². The monoisotopic (exact) mass is 358 g/mol. The van der Waals surface area contributed by atoms with Gasteiger partial charge in [0, 0.05) is 0 Å². The second-order valence-electron chi connectivity index (χ2n) is 7.85. The van der Waals surface area contributed by atoms with E-state index in [2.05, 4.69) is 63.2 Å². The van der Waals surface area contributed by atoms with E-state index in [1.54, 1.807) is 0 Å². The number of rotatable bonds is 8. The largest absolute Gasteiger partial charge is 0.457 e. The molecule has 0 amide bonds. The summed E-state index contributed by atoms with van der Waals surface area (Å²) in [5, 5.41) is 0. The number of para-hydroxylation sites is 1. The Morgan fingerprint density at radius 3 is 2.15 bits per heavy atom. The second-order valence-corrected chi connectivity index (χ2v) is 7.85. The van der Waals surface area contributed by atoms with Crippen LogP contribution in [0.4, 0.5) is 0 Å². The fourth-order valence-electron chi connectivity index (χ4n) is 3.46. The first-order valence-corrected chi connectivity index (χ1v) is 9.98. The molecule has 27 heavy (non-hydrogen) atoms. The maximum absolute atomic E-state index is 5.96. The van der Waals surface area contributed by atoms with E-state index in [-0.39, 0.29) is 5.41 Å². The second kappa shape index (κ2) is 8.90. The Morgan fingerprint density at radius 2 is 1.44 bits per heavy atom. The van der Waals surface area contributed by atoms with Crippen molar-refractivity contribution in [2.24, 2.45) is 0 Å². The van der Waals surface area contributed by atoms with Crippen LogP contribution >= 0.6 is 0 Å². The normalized spacial score (nSPS) is 11.4. The molecule has 0 saturated carbocycles. The summed E-state index contributed by atoms with van der Waals surface area (Å²) >= 11 is 0.